The fraction of sp³-hybridized carbons (Fsp3) is 0.450. The van der Waals surface area contributed by atoms with Gasteiger partial charge in [-0.05, 0) is 42.9 Å². The smallest absolute Gasteiger partial charge is 0.348 e. The Bertz CT molecular complexity index is 850. The fourth-order valence-electron chi connectivity index (χ4n) is 4.62. The van der Waals surface area contributed by atoms with Gasteiger partial charge >= 0.3 is 6.18 Å². The van der Waals surface area contributed by atoms with Crippen LogP contribution in [-0.2, 0) is 20.6 Å². The third-order valence-corrected chi connectivity index (χ3v) is 5.95. The number of hydrogen-bond donors (Lipinski definition) is 1. The Labute approximate surface area is 159 Å². The van der Waals surface area contributed by atoms with Crippen molar-refractivity contribution in [2.45, 2.75) is 25.6 Å². The maximum Gasteiger partial charge on any atom is 0.416 e. The first-order chi connectivity index (χ1) is 13.2. The van der Waals surface area contributed by atoms with E-state index in [1.165, 1.54) is 12.1 Å². The molecule has 0 spiro atoms. The summed E-state index contributed by atoms with van der Waals surface area (Å²) >= 11 is 0. The van der Waals surface area contributed by atoms with Crippen LogP contribution in [0.3, 0.4) is 0 Å². The summed E-state index contributed by atoms with van der Waals surface area (Å²) in [7, 11) is 0. The predicted octanol–water partition coefficient (Wildman–Crippen LogP) is 2.69. The zero-order valence-corrected chi connectivity index (χ0v) is 15.1. The number of carbonyl (C=O) groups is 3. The molecule has 2 aliphatic carbocycles. The van der Waals surface area contributed by atoms with Gasteiger partial charge in [0.15, 0.2) is 0 Å². The van der Waals surface area contributed by atoms with E-state index in [1.54, 1.807) is 6.92 Å². The number of alkyl halides is 3. The first kappa shape index (κ1) is 18.7. The molecule has 0 aromatic heterocycles. The highest BCUT2D eigenvalue weighted by Crippen LogP contribution is 2.52. The molecule has 1 heterocycles. The molecule has 0 radical (unpaired) electrons. The lowest BCUT2D eigenvalue weighted by molar-refractivity contribution is -0.144. The van der Waals surface area contributed by atoms with Gasteiger partial charge in [-0.25, -0.2) is 0 Å². The first-order valence-corrected chi connectivity index (χ1v) is 9.17. The maximum atomic E-state index is 12.9. The van der Waals surface area contributed by atoms with Crippen LogP contribution in [0.25, 0.3) is 0 Å². The molecule has 0 unspecified atom stereocenters. The van der Waals surface area contributed by atoms with Crippen LogP contribution < -0.4 is 5.32 Å². The molecule has 3 amide bonds. The summed E-state index contributed by atoms with van der Waals surface area (Å²) in [5.41, 5.74) is -0.506. The second-order valence-corrected chi connectivity index (χ2v) is 7.67. The zero-order valence-electron chi connectivity index (χ0n) is 15.1. The number of nitrogens with zero attached hydrogens (tertiary/aromatic N) is 1. The standard InChI is InChI=1S/C20H19F3N2O3/c1-10(11-3-2-4-14(8-11)20(21,22)23)24-15(26)9-25-18(27)16-12-5-6-13(7-12)17(16)19(25)28/h2-6,8,10,12-13,16-17H,7,9H2,1H3,(H,24,26)/t10-,12-,13-,16-,17+/m0/s1. The predicted molar refractivity (Wildman–Crippen MR) is 92.4 cm³/mol. The number of likely N-dealkylation sites (tertiary alicyclic amines) is 1. The monoisotopic (exact) mass is 392 g/mol. The highest BCUT2D eigenvalue weighted by atomic mass is 19.4. The van der Waals surface area contributed by atoms with Gasteiger partial charge in [-0.1, -0.05) is 24.3 Å². The van der Waals surface area contributed by atoms with Gasteiger partial charge < -0.3 is 5.32 Å². The van der Waals surface area contributed by atoms with E-state index in [-0.39, 0.29) is 35.5 Å². The Morgan fingerprint density at radius 3 is 2.36 bits per heavy atom. The lowest BCUT2D eigenvalue weighted by atomic mass is 9.85. The number of fused-ring (bicyclic) bond motifs is 5. The molecule has 2 bridgehead atoms. The molecule has 5 nitrogen and oxygen atoms in total. The molecule has 1 saturated carbocycles. The summed E-state index contributed by atoms with van der Waals surface area (Å²) in [6, 6.07) is 4.00. The van der Waals surface area contributed by atoms with E-state index >= 15 is 0 Å². The van der Waals surface area contributed by atoms with Crippen LogP contribution in [0.2, 0.25) is 0 Å². The van der Waals surface area contributed by atoms with Crippen LogP contribution in [0.4, 0.5) is 13.2 Å². The van der Waals surface area contributed by atoms with Gasteiger partial charge in [0.25, 0.3) is 0 Å². The van der Waals surface area contributed by atoms with Crippen molar-refractivity contribution >= 4 is 17.7 Å². The zero-order chi connectivity index (χ0) is 20.2. The molecule has 1 saturated heterocycles. The molecule has 1 aromatic rings. The van der Waals surface area contributed by atoms with Crippen molar-refractivity contribution in [1.29, 1.82) is 0 Å². The van der Waals surface area contributed by atoms with Crippen molar-refractivity contribution in [3.05, 3.63) is 47.5 Å². The Hall–Kier alpha value is -2.64. The summed E-state index contributed by atoms with van der Waals surface area (Å²) in [6.07, 6.45) is 0.269. The molecule has 148 valence electrons. The number of imide groups is 1. The van der Waals surface area contributed by atoms with Gasteiger partial charge in [-0.2, -0.15) is 13.2 Å². The van der Waals surface area contributed by atoms with Crippen molar-refractivity contribution in [2.24, 2.45) is 23.7 Å². The number of amides is 3. The third kappa shape index (κ3) is 3.00. The number of allylic oxidation sites excluding steroid dienone is 2. The average molecular weight is 392 g/mol. The molecule has 1 aliphatic heterocycles. The van der Waals surface area contributed by atoms with Gasteiger partial charge in [0.1, 0.15) is 6.54 Å². The topological polar surface area (TPSA) is 66.5 Å². The number of hydrogen-bond acceptors (Lipinski definition) is 3. The largest absolute Gasteiger partial charge is 0.416 e. The van der Waals surface area contributed by atoms with E-state index in [2.05, 4.69) is 5.32 Å². The van der Waals surface area contributed by atoms with E-state index < -0.39 is 30.2 Å². The van der Waals surface area contributed by atoms with Crippen molar-refractivity contribution in [1.82, 2.24) is 10.2 Å². The van der Waals surface area contributed by atoms with Gasteiger partial charge in [0.2, 0.25) is 17.7 Å². The summed E-state index contributed by atoms with van der Waals surface area (Å²) in [5, 5.41) is 2.58. The van der Waals surface area contributed by atoms with E-state index in [4.69, 9.17) is 0 Å². The number of nitrogens with one attached hydrogen (secondary N) is 1. The minimum atomic E-state index is -4.47. The van der Waals surface area contributed by atoms with E-state index in [9.17, 15) is 27.6 Å². The molecule has 1 aromatic carbocycles. The molecular formula is C20H19F3N2O3. The molecule has 8 heteroatoms. The lowest BCUT2D eigenvalue weighted by Crippen LogP contribution is -2.42. The number of rotatable bonds is 4. The Morgan fingerprint density at radius 1 is 1.18 bits per heavy atom. The van der Waals surface area contributed by atoms with Crippen LogP contribution in [0.1, 0.15) is 30.5 Å². The Morgan fingerprint density at radius 2 is 1.79 bits per heavy atom. The minimum Gasteiger partial charge on any atom is -0.348 e. The van der Waals surface area contributed by atoms with Crippen LogP contribution >= 0.6 is 0 Å². The number of benzene rings is 1. The summed E-state index contributed by atoms with van der Waals surface area (Å²) < 4.78 is 38.6. The highest BCUT2D eigenvalue weighted by Gasteiger charge is 2.59. The second kappa shape index (κ2) is 6.46. The summed E-state index contributed by atoms with van der Waals surface area (Å²) in [6.45, 7) is 1.15. The molecule has 3 aliphatic rings. The summed E-state index contributed by atoms with van der Waals surface area (Å²) in [4.78, 5) is 38.6. The molecule has 28 heavy (non-hydrogen) atoms. The summed E-state index contributed by atoms with van der Waals surface area (Å²) in [5.74, 6) is -1.87. The maximum absolute atomic E-state index is 12.9. The van der Waals surface area contributed by atoms with Crippen LogP contribution in [0.5, 0.6) is 0 Å². The third-order valence-electron chi connectivity index (χ3n) is 5.95. The van der Waals surface area contributed by atoms with Crippen molar-refractivity contribution < 1.29 is 27.6 Å². The van der Waals surface area contributed by atoms with Crippen molar-refractivity contribution in [2.75, 3.05) is 6.54 Å². The van der Waals surface area contributed by atoms with Gasteiger partial charge in [-0.15, -0.1) is 0 Å². The minimum absolute atomic E-state index is 0.0588. The highest BCUT2D eigenvalue weighted by molar-refractivity contribution is 6.08. The normalized spacial score (nSPS) is 29.4. The van der Waals surface area contributed by atoms with E-state index in [1.807, 2.05) is 12.2 Å². The molecule has 4 rings (SSSR count). The average Bonchev–Trinajstić information content (AvgIpc) is 3.31. The quantitative estimate of drug-likeness (QED) is 0.633. The Kier molecular flexibility index (Phi) is 4.32. The van der Waals surface area contributed by atoms with Gasteiger partial charge in [0, 0.05) is 0 Å². The van der Waals surface area contributed by atoms with Crippen molar-refractivity contribution in [3.8, 4) is 0 Å². The van der Waals surface area contributed by atoms with Gasteiger partial charge in [-0.3, -0.25) is 19.3 Å². The lowest BCUT2D eigenvalue weighted by Gasteiger charge is -2.20. The molecule has 1 N–H and O–H groups in total. The number of carbonyl (C=O) groups excluding carboxylic acids is 3. The van der Waals surface area contributed by atoms with Crippen LogP contribution in [0, 0.1) is 23.7 Å². The van der Waals surface area contributed by atoms with E-state index in [0.29, 0.717) is 5.56 Å². The number of halogens is 3. The van der Waals surface area contributed by atoms with Crippen LogP contribution in [0.15, 0.2) is 36.4 Å². The van der Waals surface area contributed by atoms with Crippen molar-refractivity contribution in [3.63, 3.8) is 0 Å². The molecule has 2 fully saturated rings. The second-order valence-electron chi connectivity index (χ2n) is 7.67. The van der Waals surface area contributed by atoms with Gasteiger partial charge in [0.05, 0.1) is 23.4 Å². The Balaban J connectivity index is 1.41. The van der Waals surface area contributed by atoms with E-state index in [0.717, 1.165) is 23.5 Å². The molecule has 5 atom stereocenters. The SMILES string of the molecule is C[C@H](NC(=O)CN1C(=O)[C@@H]2[C@H](C1=O)[C@H]1C=C[C@H]2C1)c1cccc(C(F)(F)F)c1. The molecular weight excluding hydrogens is 373 g/mol. The first-order valence-electron chi connectivity index (χ1n) is 9.17. The van der Waals surface area contributed by atoms with Crippen LogP contribution in [-0.4, -0.2) is 29.2 Å². The fourth-order valence-corrected chi connectivity index (χ4v) is 4.62.